The van der Waals surface area contributed by atoms with E-state index in [0.29, 0.717) is 0 Å². The average Bonchev–Trinajstić information content (AvgIpc) is 2.47. The van der Waals surface area contributed by atoms with Crippen LogP contribution in [0.4, 0.5) is 8.78 Å². The highest BCUT2D eigenvalue weighted by molar-refractivity contribution is 5.78. The summed E-state index contributed by atoms with van der Waals surface area (Å²) in [5, 5.41) is 2.70. The van der Waals surface area contributed by atoms with E-state index in [1.807, 2.05) is 0 Å². The fourth-order valence-corrected chi connectivity index (χ4v) is 1.82. The number of carbonyl (C=O) groups is 1. The number of halogens is 2. The molecular formula is C16H15F2NO2. The van der Waals surface area contributed by atoms with E-state index in [1.54, 1.807) is 31.2 Å². The van der Waals surface area contributed by atoms with Gasteiger partial charge in [0.15, 0.2) is 18.2 Å². The van der Waals surface area contributed by atoms with Gasteiger partial charge in [-0.2, -0.15) is 0 Å². The minimum absolute atomic E-state index is 0.0297. The normalized spacial score (nSPS) is 11.8. The van der Waals surface area contributed by atoms with Crippen LogP contribution in [0.2, 0.25) is 0 Å². The molecule has 0 saturated heterocycles. The Morgan fingerprint density at radius 2 is 1.81 bits per heavy atom. The molecule has 2 rings (SSSR count). The molecule has 0 saturated carbocycles. The van der Waals surface area contributed by atoms with Gasteiger partial charge in [0.25, 0.3) is 5.91 Å². The molecule has 0 heterocycles. The van der Waals surface area contributed by atoms with E-state index < -0.39 is 5.82 Å². The molecule has 0 bridgehead atoms. The smallest absolute Gasteiger partial charge is 0.258 e. The van der Waals surface area contributed by atoms with Gasteiger partial charge in [-0.25, -0.2) is 8.78 Å². The van der Waals surface area contributed by atoms with Crippen LogP contribution >= 0.6 is 0 Å². The lowest BCUT2D eigenvalue weighted by molar-refractivity contribution is -0.123. The average molecular weight is 291 g/mol. The third-order valence-corrected chi connectivity index (χ3v) is 2.94. The van der Waals surface area contributed by atoms with Gasteiger partial charge in [0, 0.05) is 0 Å². The number of benzene rings is 2. The summed E-state index contributed by atoms with van der Waals surface area (Å²) < 4.78 is 31.2. The first kappa shape index (κ1) is 15.0. The minimum Gasteiger partial charge on any atom is -0.481 e. The van der Waals surface area contributed by atoms with E-state index in [-0.39, 0.29) is 30.1 Å². The summed E-state index contributed by atoms with van der Waals surface area (Å²) in [4.78, 5) is 11.7. The van der Waals surface area contributed by atoms with Crippen LogP contribution in [-0.2, 0) is 4.79 Å². The summed E-state index contributed by atoms with van der Waals surface area (Å²) in [5.74, 6) is -1.20. The Morgan fingerprint density at radius 3 is 2.48 bits per heavy atom. The Morgan fingerprint density at radius 1 is 1.14 bits per heavy atom. The Kier molecular flexibility index (Phi) is 4.87. The van der Waals surface area contributed by atoms with Crippen LogP contribution in [0.3, 0.4) is 0 Å². The van der Waals surface area contributed by atoms with Crippen LogP contribution in [0.25, 0.3) is 0 Å². The summed E-state index contributed by atoms with van der Waals surface area (Å²) in [6.45, 7) is 1.49. The van der Waals surface area contributed by atoms with Crippen molar-refractivity contribution in [2.24, 2.45) is 0 Å². The molecule has 1 atom stereocenters. The summed E-state index contributed by atoms with van der Waals surface area (Å²) in [6, 6.07) is 11.4. The van der Waals surface area contributed by atoms with Gasteiger partial charge in [-0.3, -0.25) is 4.79 Å². The fraction of sp³-hybridized carbons (Fsp3) is 0.188. The molecule has 3 nitrogen and oxygen atoms in total. The molecule has 0 fully saturated rings. The van der Waals surface area contributed by atoms with Crippen molar-refractivity contribution in [2.75, 3.05) is 6.61 Å². The number of carbonyl (C=O) groups excluding carboxylic acids is 1. The Bertz CT molecular complexity index is 614. The molecule has 1 amide bonds. The standard InChI is InChI=1S/C16H15F2NO2/c1-11(12-6-8-13(17)9-7-12)19-16(20)10-21-15-5-3-2-4-14(15)18/h2-9,11H,10H2,1H3,(H,19,20)/t11-/m1/s1. The third kappa shape index (κ3) is 4.27. The van der Waals surface area contributed by atoms with E-state index in [1.165, 1.54) is 24.3 Å². The van der Waals surface area contributed by atoms with E-state index >= 15 is 0 Å². The number of rotatable bonds is 5. The second-order valence-corrected chi connectivity index (χ2v) is 4.56. The lowest BCUT2D eigenvalue weighted by Gasteiger charge is -2.14. The van der Waals surface area contributed by atoms with Gasteiger partial charge in [0.1, 0.15) is 5.82 Å². The highest BCUT2D eigenvalue weighted by Crippen LogP contribution is 2.16. The van der Waals surface area contributed by atoms with Crippen molar-refractivity contribution in [3.63, 3.8) is 0 Å². The fourth-order valence-electron chi connectivity index (χ4n) is 1.82. The van der Waals surface area contributed by atoms with Gasteiger partial charge < -0.3 is 10.1 Å². The topological polar surface area (TPSA) is 38.3 Å². The number of hydrogen-bond acceptors (Lipinski definition) is 2. The number of amides is 1. The van der Waals surface area contributed by atoms with Gasteiger partial charge in [-0.05, 0) is 36.8 Å². The van der Waals surface area contributed by atoms with E-state index in [0.717, 1.165) is 5.56 Å². The number of ether oxygens (including phenoxy) is 1. The van der Waals surface area contributed by atoms with Crippen LogP contribution in [0.5, 0.6) is 5.75 Å². The summed E-state index contributed by atoms with van der Waals surface area (Å²) in [5.41, 5.74) is 0.774. The van der Waals surface area contributed by atoms with Crippen LogP contribution in [0, 0.1) is 11.6 Å². The van der Waals surface area contributed by atoms with Crippen LogP contribution in [0.15, 0.2) is 48.5 Å². The Balaban J connectivity index is 1.87. The Labute approximate surface area is 121 Å². The highest BCUT2D eigenvalue weighted by Gasteiger charge is 2.11. The van der Waals surface area contributed by atoms with Crippen molar-refractivity contribution >= 4 is 5.91 Å². The molecule has 0 aromatic heterocycles. The predicted octanol–water partition coefficient (Wildman–Crippen LogP) is 3.22. The molecule has 21 heavy (non-hydrogen) atoms. The molecule has 1 N–H and O–H groups in total. The summed E-state index contributed by atoms with van der Waals surface area (Å²) in [7, 11) is 0. The van der Waals surface area contributed by atoms with Gasteiger partial charge in [0.2, 0.25) is 0 Å². The first-order valence-corrected chi connectivity index (χ1v) is 6.48. The molecule has 0 unspecified atom stereocenters. The molecule has 110 valence electrons. The maximum Gasteiger partial charge on any atom is 0.258 e. The monoisotopic (exact) mass is 291 g/mol. The SMILES string of the molecule is C[C@@H](NC(=O)COc1ccccc1F)c1ccc(F)cc1. The van der Waals surface area contributed by atoms with E-state index in [9.17, 15) is 13.6 Å². The molecule has 2 aromatic carbocycles. The highest BCUT2D eigenvalue weighted by atomic mass is 19.1. The molecule has 5 heteroatoms. The zero-order valence-corrected chi connectivity index (χ0v) is 11.5. The quantitative estimate of drug-likeness (QED) is 0.918. The lowest BCUT2D eigenvalue weighted by atomic mass is 10.1. The molecular weight excluding hydrogens is 276 g/mol. The maximum atomic E-state index is 13.3. The van der Waals surface area contributed by atoms with Crippen molar-refractivity contribution in [1.29, 1.82) is 0 Å². The second kappa shape index (κ2) is 6.83. The number of nitrogens with one attached hydrogen (secondary N) is 1. The summed E-state index contributed by atoms with van der Waals surface area (Å²) >= 11 is 0. The minimum atomic E-state index is -0.517. The molecule has 0 aliphatic heterocycles. The van der Waals surface area contributed by atoms with Gasteiger partial charge in [0.05, 0.1) is 6.04 Å². The maximum absolute atomic E-state index is 13.3. The number of para-hydroxylation sites is 1. The van der Waals surface area contributed by atoms with Crippen molar-refractivity contribution in [1.82, 2.24) is 5.32 Å². The van der Waals surface area contributed by atoms with Crippen molar-refractivity contribution < 1.29 is 18.3 Å². The zero-order valence-electron chi connectivity index (χ0n) is 11.5. The summed E-state index contributed by atoms with van der Waals surface area (Å²) in [6.07, 6.45) is 0. The van der Waals surface area contributed by atoms with Gasteiger partial charge >= 0.3 is 0 Å². The molecule has 0 radical (unpaired) electrons. The molecule has 0 spiro atoms. The predicted molar refractivity (Wildman–Crippen MR) is 74.9 cm³/mol. The van der Waals surface area contributed by atoms with Crippen molar-refractivity contribution in [2.45, 2.75) is 13.0 Å². The first-order chi connectivity index (χ1) is 10.1. The third-order valence-electron chi connectivity index (χ3n) is 2.94. The van der Waals surface area contributed by atoms with Crippen LogP contribution in [-0.4, -0.2) is 12.5 Å². The number of hydrogen-bond donors (Lipinski definition) is 1. The lowest BCUT2D eigenvalue weighted by Crippen LogP contribution is -2.31. The first-order valence-electron chi connectivity index (χ1n) is 6.48. The Hall–Kier alpha value is -2.43. The second-order valence-electron chi connectivity index (χ2n) is 4.56. The largest absolute Gasteiger partial charge is 0.481 e. The zero-order chi connectivity index (χ0) is 15.2. The van der Waals surface area contributed by atoms with E-state index in [4.69, 9.17) is 4.74 Å². The van der Waals surface area contributed by atoms with Crippen LogP contribution < -0.4 is 10.1 Å². The van der Waals surface area contributed by atoms with Gasteiger partial charge in [-0.1, -0.05) is 24.3 Å². The van der Waals surface area contributed by atoms with E-state index in [2.05, 4.69) is 5.32 Å². The molecule has 2 aromatic rings. The van der Waals surface area contributed by atoms with Crippen molar-refractivity contribution in [3.05, 3.63) is 65.7 Å². The van der Waals surface area contributed by atoms with Gasteiger partial charge in [-0.15, -0.1) is 0 Å². The van der Waals surface area contributed by atoms with Crippen molar-refractivity contribution in [3.8, 4) is 5.75 Å². The van der Waals surface area contributed by atoms with Crippen LogP contribution in [0.1, 0.15) is 18.5 Å². The molecule has 0 aliphatic carbocycles. The molecule has 0 aliphatic rings.